The van der Waals surface area contributed by atoms with Crippen LogP contribution in [0, 0.1) is 23.2 Å². The van der Waals surface area contributed by atoms with Gasteiger partial charge in [0.1, 0.15) is 24.4 Å². The van der Waals surface area contributed by atoms with Crippen molar-refractivity contribution in [2.75, 3.05) is 13.2 Å². The number of carbonyl (C=O) groups is 7. The summed E-state index contributed by atoms with van der Waals surface area (Å²) in [4.78, 5) is 90.1. The molecule has 282 valence electrons. The van der Waals surface area contributed by atoms with Gasteiger partial charge in [-0.15, -0.1) is 0 Å². The number of fused-ring (bicyclic) bond motifs is 3. The minimum absolute atomic E-state index is 0.119. The van der Waals surface area contributed by atoms with E-state index in [9.17, 15) is 38.7 Å². The van der Waals surface area contributed by atoms with Gasteiger partial charge in [0, 0.05) is 47.0 Å². The number of carbonyl (C=O) groups excluding carboxylic acids is 7. The van der Waals surface area contributed by atoms with Gasteiger partial charge < -0.3 is 43.0 Å². The summed E-state index contributed by atoms with van der Waals surface area (Å²) in [5, 5.41) is 12.9. The monoisotopic (exact) mass is 722 g/mol. The number of esters is 7. The lowest BCUT2D eigenvalue weighted by Gasteiger charge is -2.59. The van der Waals surface area contributed by atoms with E-state index in [-0.39, 0.29) is 31.1 Å². The van der Waals surface area contributed by atoms with E-state index in [1.54, 1.807) is 13.8 Å². The highest BCUT2D eigenvalue weighted by Gasteiger charge is 2.81. The molecule has 4 aliphatic rings. The van der Waals surface area contributed by atoms with E-state index in [4.69, 9.17) is 37.9 Å². The van der Waals surface area contributed by atoms with Gasteiger partial charge in [0.25, 0.3) is 0 Å². The minimum Gasteiger partial charge on any atom is -0.461 e. The van der Waals surface area contributed by atoms with E-state index in [1.807, 2.05) is 0 Å². The second-order valence-electron chi connectivity index (χ2n) is 14.1. The first-order chi connectivity index (χ1) is 23.7. The first-order valence-electron chi connectivity index (χ1n) is 16.7. The zero-order valence-electron chi connectivity index (χ0n) is 30.1. The predicted molar refractivity (Wildman–Crippen MR) is 170 cm³/mol. The summed E-state index contributed by atoms with van der Waals surface area (Å²) in [6.45, 7) is 11.3. The van der Waals surface area contributed by atoms with Gasteiger partial charge in [0.2, 0.25) is 0 Å². The maximum absolute atomic E-state index is 13.6. The molecule has 2 saturated heterocycles. The predicted octanol–water partition coefficient (Wildman–Crippen LogP) is 1.43. The van der Waals surface area contributed by atoms with Crippen molar-refractivity contribution >= 4 is 41.8 Å². The van der Waals surface area contributed by atoms with Crippen molar-refractivity contribution in [2.45, 2.75) is 117 Å². The molecule has 1 spiro atoms. The van der Waals surface area contributed by atoms with Crippen molar-refractivity contribution in [3.8, 4) is 0 Å². The van der Waals surface area contributed by atoms with Gasteiger partial charge in [-0.25, -0.2) is 0 Å². The molecule has 0 amide bonds. The van der Waals surface area contributed by atoms with E-state index < -0.39 is 107 Å². The number of rotatable bonds is 9. The number of hydrogen-bond acceptors (Lipinski definition) is 16. The van der Waals surface area contributed by atoms with E-state index >= 15 is 0 Å². The van der Waals surface area contributed by atoms with Crippen LogP contribution in [0.1, 0.15) is 68.7 Å². The molecule has 1 N–H and O–H groups in total. The van der Waals surface area contributed by atoms with E-state index in [1.165, 1.54) is 39.0 Å². The topological polar surface area (TPSA) is 217 Å². The van der Waals surface area contributed by atoms with Crippen LogP contribution in [0.4, 0.5) is 0 Å². The molecule has 11 atom stereocenters. The Morgan fingerprint density at radius 3 is 1.94 bits per heavy atom. The van der Waals surface area contributed by atoms with Gasteiger partial charge in [-0.05, 0) is 30.6 Å². The Hall–Kier alpha value is -4.31. The highest BCUT2D eigenvalue weighted by Crippen LogP contribution is 2.63. The van der Waals surface area contributed by atoms with Crippen molar-refractivity contribution in [2.24, 2.45) is 23.2 Å². The lowest BCUT2D eigenvalue weighted by Crippen LogP contribution is -2.76. The van der Waals surface area contributed by atoms with Crippen molar-refractivity contribution in [3.05, 3.63) is 23.8 Å². The summed E-state index contributed by atoms with van der Waals surface area (Å²) in [6, 6.07) is 0. The first-order valence-corrected chi connectivity index (χ1v) is 16.7. The molecule has 1 saturated carbocycles. The molecule has 2 heterocycles. The smallest absolute Gasteiger partial charge is 0.312 e. The number of hydrogen-bond donors (Lipinski definition) is 1. The van der Waals surface area contributed by atoms with Crippen LogP contribution >= 0.6 is 0 Å². The van der Waals surface area contributed by atoms with Gasteiger partial charge >= 0.3 is 41.8 Å². The maximum atomic E-state index is 13.6. The third kappa shape index (κ3) is 7.66. The molecule has 16 heteroatoms. The highest BCUT2D eigenvalue weighted by atomic mass is 16.7. The number of epoxide rings is 1. The van der Waals surface area contributed by atoms with Gasteiger partial charge in [0.05, 0.1) is 17.9 Å². The first kappa shape index (κ1) is 39.5. The molecule has 0 aromatic rings. The molecule has 0 radical (unpaired) electrons. The van der Waals surface area contributed by atoms with Crippen LogP contribution in [-0.4, -0.2) is 108 Å². The largest absolute Gasteiger partial charge is 0.461 e. The Bertz CT molecular complexity index is 1510. The average molecular weight is 723 g/mol. The Kier molecular flexibility index (Phi) is 11.4. The third-order valence-electron chi connectivity index (χ3n) is 9.79. The molecule has 0 aromatic heterocycles. The quantitative estimate of drug-likeness (QED) is 0.202. The molecular formula is C35H46O16. The Morgan fingerprint density at radius 2 is 1.43 bits per heavy atom. The van der Waals surface area contributed by atoms with Crippen LogP contribution in [0.2, 0.25) is 0 Å². The molecular weight excluding hydrogens is 676 g/mol. The van der Waals surface area contributed by atoms with E-state index in [2.05, 4.69) is 0 Å². The number of ether oxygens (including phenoxy) is 8. The molecule has 0 bridgehead atoms. The Balaban J connectivity index is 2.16. The van der Waals surface area contributed by atoms with Gasteiger partial charge in [0.15, 0.2) is 30.0 Å². The van der Waals surface area contributed by atoms with Gasteiger partial charge in [-0.2, -0.15) is 0 Å². The van der Waals surface area contributed by atoms with Crippen LogP contribution in [0.5, 0.6) is 0 Å². The fourth-order valence-corrected chi connectivity index (χ4v) is 7.63. The summed E-state index contributed by atoms with van der Waals surface area (Å²) in [7, 11) is 0. The lowest BCUT2D eigenvalue weighted by molar-refractivity contribution is -0.279. The van der Waals surface area contributed by atoms with Crippen molar-refractivity contribution in [1.29, 1.82) is 0 Å². The van der Waals surface area contributed by atoms with E-state index in [0.717, 1.165) is 27.7 Å². The Labute approximate surface area is 295 Å². The molecule has 4 rings (SSSR count). The standard InChI is InChI=1S/C35H46O16/c1-16(2)12-26(41)51-29-27(47-20(6)38)30(48-21(7)39)34(15-45-34)28-31(49-22(8)40)35(43)17(3)32(42)50-25(35)13-23(14-44-18(4)36)10-11-24(33(28,29)9)46-19(5)37/h10-11,13,16-17,24-25,27-31,43H,12,14-15H2,1-9H3/b11-10-,23-13+/t17-,24-,25-,27+,28+,29-,30+,31-,33+,34-,35-/m0/s1. The summed E-state index contributed by atoms with van der Waals surface area (Å²) in [6.07, 6.45) is -5.60. The minimum atomic E-state index is -2.43. The second kappa shape index (κ2) is 14.7. The SMILES string of the molecule is CC(=O)OCC1=C/[C@@H]2OC(=O)[C@H](C)[C@@]2(O)[C@@H](OC(C)=O)[C@H]2[C@@]3(CO3)[C@H](OC(C)=O)[C@H](OC(C)=O)[C@H](OC(=O)CC(C)C)[C@]2(C)[C@@H](OC(C)=O)/C=C\1. The molecule has 51 heavy (non-hydrogen) atoms. The molecule has 0 aromatic carbocycles. The summed E-state index contributed by atoms with van der Waals surface area (Å²) in [5.41, 5.74) is -5.91. The molecule has 2 aliphatic heterocycles. The maximum Gasteiger partial charge on any atom is 0.312 e. The number of aliphatic hydroxyl groups is 1. The fraction of sp³-hybridized carbons (Fsp3) is 0.686. The average Bonchev–Trinajstić information content (AvgIpc) is 3.75. The normalized spacial score (nSPS) is 38.4. The Morgan fingerprint density at radius 1 is 0.863 bits per heavy atom. The molecule has 0 unspecified atom stereocenters. The van der Waals surface area contributed by atoms with Crippen LogP contribution in [0.15, 0.2) is 23.8 Å². The van der Waals surface area contributed by atoms with Crippen LogP contribution in [-0.2, 0) is 71.5 Å². The summed E-state index contributed by atoms with van der Waals surface area (Å²) < 4.78 is 46.6. The van der Waals surface area contributed by atoms with Crippen molar-refractivity contribution < 1.29 is 76.6 Å². The lowest BCUT2D eigenvalue weighted by atomic mass is 9.51. The second-order valence-corrected chi connectivity index (χ2v) is 14.1. The zero-order chi connectivity index (χ0) is 38.2. The van der Waals surface area contributed by atoms with E-state index in [0.29, 0.717) is 0 Å². The highest BCUT2D eigenvalue weighted by molar-refractivity contribution is 5.78. The third-order valence-corrected chi connectivity index (χ3v) is 9.79. The fourth-order valence-electron chi connectivity index (χ4n) is 7.63. The van der Waals surface area contributed by atoms with Gasteiger partial charge in [-0.3, -0.25) is 33.6 Å². The summed E-state index contributed by atoms with van der Waals surface area (Å²) in [5.74, 6) is -8.80. The summed E-state index contributed by atoms with van der Waals surface area (Å²) >= 11 is 0. The zero-order valence-corrected chi connectivity index (χ0v) is 30.1. The molecule has 2 aliphatic carbocycles. The van der Waals surface area contributed by atoms with Crippen LogP contribution in [0.25, 0.3) is 0 Å². The van der Waals surface area contributed by atoms with Gasteiger partial charge in [-0.1, -0.05) is 26.8 Å². The van der Waals surface area contributed by atoms with Crippen molar-refractivity contribution in [1.82, 2.24) is 0 Å². The molecule has 16 nitrogen and oxygen atoms in total. The van der Waals surface area contributed by atoms with Crippen molar-refractivity contribution in [3.63, 3.8) is 0 Å². The van der Waals surface area contributed by atoms with Crippen LogP contribution in [0.3, 0.4) is 0 Å². The molecule has 3 fully saturated rings. The van der Waals surface area contributed by atoms with Crippen LogP contribution < -0.4 is 0 Å².